The molecule has 94 valence electrons. The van der Waals surface area contributed by atoms with E-state index in [1.54, 1.807) is 30.9 Å². The van der Waals surface area contributed by atoms with Gasteiger partial charge in [0.15, 0.2) is 0 Å². The molecule has 0 aliphatic heterocycles. The summed E-state index contributed by atoms with van der Waals surface area (Å²) >= 11 is 1.71. The van der Waals surface area contributed by atoms with Crippen LogP contribution in [0.2, 0.25) is 0 Å². The molecule has 0 amide bonds. The van der Waals surface area contributed by atoms with Crippen molar-refractivity contribution in [2.24, 2.45) is 0 Å². The average molecular weight is 256 g/mol. The van der Waals surface area contributed by atoms with Gasteiger partial charge in [-0.1, -0.05) is 6.07 Å². The van der Waals surface area contributed by atoms with Crippen molar-refractivity contribution in [3.63, 3.8) is 0 Å². The van der Waals surface area contributed by atoms with E-state index in [0.29, 0.717) is 5.69 Å². The van der Waals surface area contributed by atoms with Crippen LogP contribution in [-0.2, 0) is 5.75 Å². The Labute approximate surface area is 104 Å². The van der Waals surface area contributed by atoms with E-state index in [0.717, 1.165) is 23.5 Å². The number of aliphatic hydroxyl groups is 1. The van der Waals surface area contributed by atoms with Crippen molar-refractivity contribution in [1.29, 1.82) is 0 Å². The van der Waals surface area contributed by atoms with Gasteiger partial charge in [0.25, 0.3) is 5.69 Å². The van der Waals surface area contributed by atoms with E-state index in [1.165, 1.54) is 6.07 Å². The number of nitro benzene ring substituents is 1. The molecule has 2 N–H and O–H groups in total. The summed E-state index contributed by atoms with van der Waals surface area (Å²) in [6, 6.07) is 5.09. The van der Waals surface area contributed by atoms with E-state index < -0.39 is 4.92 Å². The van der Waals surface area contributed by atoms with Gasteiger partial charge in [0.05, 0.1) is 4.92 Å². The maximum Gasteiger partial charge on any atom is 0.292 e. The first-order valence-electron chi connectivity index (χ1n) is 5.32. The highest BCUT2D eigenvalue weighted by molar-refractivity contribution is 7.98. The average Bonchev–Trinajstić information content (AvgIpc) is 2.34. The van der Waals surface area contributed by atoms with E-state index in [1.807, 2.05) is 0 Å². The lowest BCUT2D eigenvalue weighted by Gasteiger charge is -2.05. The number of hydrogen-bond acceptors (Lipinski definition) is 5. The minimum atomic E-state index is -0.394. The second kappa shape index (κ2) is 7.13. The van der Waals surface area contributed by atoms with Crippen LogP contribution in [0.1, 0.15) is 12.0 Å². The molecule has 0 saturated heterocycles. The molecular weight excluding hydrogens is 240 g/mol. The molecule has 0 bridgehead atoms. The SMILES string of the molecule is CNc1cc(CSCCCO)ccc1[N+](=O)[O-]. The molecule has 17 heavy (non-hydrogen) atoms. The number of thioether (sulfide) groups is 1. The zero-order valence-corrected chi connectivity index (χ0v) is 10.5. The Morgan fingerprint density at radius 1 is 1.53 bits per heavy atom. The fraction of sp³-hybridized carbons (Fsp3) is 0.455. The minimum Gasteiger partial charge on any atom is -0.396 e. The molecule has 0 spiro atoms. The number of nitrogens with one attached hydrogen (secondary N) is 1. The first-order chi connectivity index (χ1) is 8.19. The summed E-state index contributed by atoms with van der Waals surface area (Å²) in [6.45, 7) is 0.203. The van der Waals surface area contributed by atoms with Gasteiger partial charge in [-0.15, -0.1) is 0 Å². The van der Waals surface area contributed by atoms with Crippen molar-refractivity contribution in [2.75, 3.05) is 24.7 Å². The van der Waals surface area contributed by atoms with Gasteiger partial charge in [-0.05, 0) is 23.8 Å². The van der Waals surface area contributed by atoms with E-state index in [9.17, 15) is 10.1 Å². The van der Waals surface area contributed by atoms with E-state index in [2.05, 4.69) is 5.32 Å². The number of benzene rings is 1. The second-order valence-corrected chi connectivity index (χ2v) is 4.59. The number of nitro groups is 1. The zero-order chi connectivity index (χ0) is 12.7. The summed E-state index contributed by atoms with van der Waals surface area (Å²) in [5, 5.41) is 22.2. The topological polar surface area (TPSA) is 75.4 Å². The van der Waals surface area contributed by atoms with Crippen LogP contribution in [0.5, 0.6) is 0 Å². The van der Waals surface area contributed by atoms with Crippen molar-refractivity contribution in [1.82, 2.24) is 0 Å². The van der Waals surface area contributed by atoms with Crippen LogP contribution in [0.25, 0.3) is 0 Å². The molecule has 1 rings (SSSR count). The molecule has 0 atom stereocenters. The van der Waals surface area contributed by atoms with Gasteiger partial charge in [0.2, 0.25) is 0 Å². The molecular formula is C11H16N2O3S. The van der Waals surface area contributed by atoms with Crippen LogP contribution < -0.4 is 5.32 Å². The van der Waals surface area contributed by atoms with Crippen LogP contribution >= 0.6 is 11.8 Å². The molecule has 1 aromatic rings. The molecule has 0 aromatic heterocycles. The maximum absolute atomic E-state index is 10.7. The molecule has 0 radical (unpaired) electrons. The summed E-state index contributed by atoms with van der Waals surface area (Å²) in [5.41, 5.74) is 1.68. The van der Waals surface area contributed by atoms with Gasteiger partial charge in [-0.25, -0.2) is 0 Å². The van der Waals surface area contributed by atoms with Crippen molar-refractivity contribution < 1.29 is 10.0 Å². The van der Waals surface area contributed by atoms with Crippen LogP contribution in [0.15, 0.2) is 18.2 Å². The summed E-state index contributed by atoms with van der Waals surface area (Å²) in [5.74, 6) is 1.69. The number of hydrogen-bond donors (Lipinski definition) is 2. The lowest BCUT2D eigenvalue weighted by Crippen LogP contribution is -1.97. The van der Waals surface area contributed by atoms with Gasteiger partial charge in [-0.2, -0.15) is 11.8 Å². The first-order valence-corrected chi connectivity index (χ1v) is 6.48. The molecule has 6 heteroatoms. The number of aliphatic hydroxyl groups excluding tert-OH is 1. The third-order valence-corrected chi connectivity index (χ3v) is 3.36. The highest BCUT2D eigenvalue weighted by Gasteiger charge is 2.12. The number of nitrogens with zero attached hydrogens (tertiary/aromatic N) is 1. The molecule has 0 saturated carbocycles. The molecule has 0 aliphatic carbocycles. The van der Waals surface area contributed by atoms with Gasteiger partial charge in [-0.3, -0.25) is 10.1 Å². The normalized spacial score (nSPS) is 10.2. The predicted octanol–water partition coefficient (Wildman–Crippen LogP) is 2.25. The Balaban J connectivity index is 2.66. The molecule has 5 nitrogen and oxygen atoms in total. The number of anilines is 1. The molecule has 0 fully saturated rings. The lowest BCUT2D eigenvalue weighted by atomic mass is 10.2. The van der Waals surface area contributed by atoms with Crippen molar-refractivity contribution in [3.8, 4) is 0 Å². The Hall–Kier alpha value is -1.27. The largest absolute Gasteiger partial charge is 0.396 e. The smallest absolute Gasteiger partial charge is 0.292 e. The standard InChI is InChI=1S/C11H16N2O3S/c1-12-10-7-9(8-17-6-2-5-14)3-4-11(10)13(15)16/h3-4,7,12,14H,2,5-6,8H2,1H3. The van der Waals surface area contributed by atoms with E-state index >= 15 is 0 Å². The van der Waals surface area contributed by atoms with Crippen LogP contribution in [0.3, 0.4) is 0 Å². The minimum absolute atomic E-state index is 0.0941. The van der Waals surface area contributed by atoms with Crippen LogP contribution in [0.4, 0.5) is 11.4 Å². The van der Waals surface area contributed by atoms with Gasteiger partial charge in [0.1, 0.15) is 5.69 Å². The van der Waals surface area contributed by atoms with E-state index in [4.69, 9.17) is 5.11 Å². The Kier molecular flexibility index (Phi) is 5.79. The van der Waals surface area contributed by atoms with Crippen LogP contribution in [0, 0.1) is 10.1 Å². The van der Waals surface area contributed by atoms with Crippen molar-refractivity contribution in [2.45, 2.75) is 12.2 Å². The van der Waals surface area contributed by atoms with Gasteiger partial charge in [0, 0.05) is 25.5 Å². The third kappa shape index (κ3) is 4.24. The second-order valence-electron chi connectivity index (χ2n) is 3.49. The van der Waals surface area contributed by atoms with Gasteiger partial charge >= 0.3 is 0 Å². The summed E-state index contributed by atoms with van der Waals surface area (Å²) in [6.07, 6.45) is 0.774. The number of rotatable bonds is 7. The molecule has 0 aliphatic rings. The molecule has 0 unspecified atom stereocenters. The predicted molar refractivity (Wildman–Crippen MR) is 70.5 cm³/mol. The van der Waals surface area contributed by atoms with Gasteiger partial charge < -0.3 is 10.4 Å². The summed E-state index contributed by atoms with van der Waals surface area (Å²) < 4.78 is 0. The van der Waals surface area contributed by atoms with Crippen LogP contribution in [-0.4, -0.2) is 29.4 Å². The first kappa shape index (κ1) is 13.8. The fourth-order valence-electron chi connectivity index (χ4n) is 1.39. The zero-order valence-electron chi connectivity index (χ0n) is 9.68. The Morgan fingerprint density at radius 3 is 2.88 bits per heavy atom. The molecule has 1 aromatic carbocycles. The lowest BCUT2D eigenvalue weighted by molar-refractivity contribution is -0.383. The Bertz CT molecular complexity index is 385. The monoisotopic (exact) mass is 256 g/mol. The highest BCUT2D eigenvalue weighted by Crippen LogP contribution is 2.26. The summed E-state index contributed by atoms with van der Waals surface area (Å²) in [7, 11) is 1.67. The van der Waals surface area contributed by atoms with E-state index in [-0.39, 0.29) is 12.3 Å². The van der Waals surface area contributed by atoms with Crippen molar-refractivity contribution in [3.05, 3.63) is 33.9 Å². The third-order valence-electron chi connectivity index (χ3n) is 2.24. The fourth-order valence-corrected chi connectivity index (χ4v) is 2.28. The summed E-state index contributed by atoms with van der Waals surface area (Å²) in [4.78, 5) is 10.3. The quantitative estimate of drug-likeness (QED) is 0.444. The highest BCUT2D eigenvalue weighted by atomic mass is 32.2. The maximum atomic E-state index is 10.7. The Morgan fingerprint density at radius 2 is 2.29 bits per heavy atom. The van der Waals surface area contributed by atoms with Crippen molar-refractivity contribution >= 4 is 23.1 Å². The molecule has 0 heterocycles.